The van der Waals surface area contributed by atoms with E-state index >= 15 is 0 Å². The molecule has 7 heteroatoms. The zero-order valence-corrected chi connectivity index (χ0v) is 18.2. The fourth-order valence-corrected chi connectivity index (χ4v) is 3.73. The highest BCUT2D eigenvalue weighted by atomic mass is 19.4. The van der Waals surface area contributed by atoms with Gasteiger partial charge in [-0.15, -0.1) is 0 Å². The number of benzene rings is 2. The maximum atomic E-state index is 12.9. The zero-order chi connectivity index (χ0) is 22.6. The lowest BCUT2D eigenvalue weighted by Crippen LogP contribution is -2.48. The van der Waals surface area contributed by atoms with Crippen molar-refractivity contribution in [2.24, 2.45) is 0 Å². The maximum Gasteiger partial charge on any atom is 0.416 e. The summed E-state index contributed by atoms with van der Waals surface area (Å²) in [5.41, 5.74) is 0.643. The molecule has 0 spiro atoms. The molecule has 1 aliphatic rings. The predicted molar refractivity (Wildman–Crippen MR) is 115 cm³/mol. The normalized spacial score (nSPS) is 15.6. The van der Waals surface area contributed by atoms with E-state index in [0.29, 0.717) is 19.6 Å². The minimum Gasteiger partial charge on any atom is -0.444 e. The Morgan fingerprint density at radius 2 is 1.58 bits per heavy atom. The number of para-hydroxylation sites is 1. The topological polar surface area (TPSA) is 32.8 Å². The number of carbonyl (C=O) groups excluding carboxylic acids is 1. The maximum absolute atomic E-state index is 12.9. The third kappa shape index (κ3) is 6.39. The van der Waals surface area contributed by atoms with Crippen molar-refractivity contribution < 1.29 is 22.7 Å². The first-order chi connectivity index (χ1) is 14.5. The molecule has 3 rings (SSSR count). The quantitative estimate of drug-likeness (QED) is 0.582. The van der Waals surface area contributed by atoms with Crippen LogP contribution in [-0.2, 0) is 17.5 Å². The number of carbonyl (C=O) groups is 1. The number of hydrogen-bond donors (Lipinski definition) is 0. The van der Waals surface area contributed by atoms with Crippen molar-refractivity contribution in [1.29, 1.82) is 0 Å². The predicted octanol–water partition coefficient (Wildman–Crippen LogP) is 6.11. The van der Waals surface area contributed by atoms with Crippen molar-refractivity contribution in [3.05, 3.63) is 65.7 Å². The number of ether oxygens (including phenoxy) is 1. The second-order valence-corrected chi connectivity index (χ2v) is 8.86. The van der Waals surface area contributed by atoms with Crippen LogP contribution in [0, 0.1) is 0 Å². The fourth-order valence-electron chi connectivity index (χ4n) is 3.73. The number of anilines is 1. The van der Waals surface area contributed by atoms with E-state index in [1.807, 2.05) is 51.1 Å². The second-order valence-electron chi connectivity index (χ2n) is 8.86. The van der Waals surface area contributed by atoms with Crippen molar-refractivity contribution in [2.75, 3.05) is 18.0 Å². The Balaban J connectivity index is 1.72. The molecule has 0 radical (unpaired) electrons. The Bertz CT molecular complexity index is 853. The minimum atomic E-state index is -4.34. The molecule has 1 aliphatic heterocycles. The van der Waals surface area contributed by atoms with Gasteiger partial charge in [-0.3, -0.25) is 0 Å². The molecule has 2 aromatic carbocycles. The fraction of sp³-hybridized carbons (Fsp3) is 0.458. The van der Waals surface area contributed by atoms with Crippen LogP contribution in [0.25, 0.3) is 0 Å². The lowest BCUT2D eigenvalue weighted by molar-refractivity contribution is -0.137. The summed E-state index contributed by atoms with van der Waals surface area (Å²) < 4.78 is 44.1. The van der Waals surface area contributed by atoms with Gasteiger partial charge in [-0.05, 0) is 63.4 Å². The van der Waals surface area contributed by atoms with Crippen molar-refractivity contribution in [2.45, 2.75) is 58.0 Å². The minimum absolute atomic E-state index is 0.170. The van der Waals surface area contributed by atoms with Gasteiger partial charge in [-0.25, -0.2) is 4.79 Å². The molecule has 0 saturated carbocycles. The summed E-state index contributed by atoms with van der Waals surface area (Å²) in [7, 11) is 0. The Labute approximate surface area is 181 Å². The van der Waals surface area contributed by atoms with Gasteiger partial charge >= 0.3 is 12.3 Å². The number of piperidine rings is 1. The third-order valence-corrected chi connectivity index (χ3v) is 5.28. The Hall–Kier alpha value is -2.70. The van der Waals surface area contributed by atoms with Crippen LogP contribution in [0.2, 0.25) is 0 Å². The summed E-state index contributed by atoms with van der Waals surface area (Å²) in [4.78, 5) is 16.3. The molecule has 0 bridgehead atoms. The second kappa shape index (κ2) is 9.20. The Morgan fingerprint density at radius 3 is 2.10 bits per heavy atom. The average Bonchev–Trinajstić information content (AvgIpc) is 2.71. The lowest BCUT2D eigenvalue weighted by Gasteiger charge is -2.40. The largest absolute Gasteiger partial charge is 0.444 e. The highest BCUT2D eigenvalue weighted by Crippen LogP contribution is 2.30. The van der Waals surface area contributed by atoms with Crippen molar-refractivity contribution >= 4 is 11.8 Å². The van der Waals surface area contributed by atoms with E-state index < -0.39 is 17.3 Å². The monoisotopic (exact) mass is 434 g/mol. The van der Waals surface area contributed by atoms with Crippen LogP contribution in [-0.4, -0.2) is 35.7 Å². The summed E-state index contributed by atoms with van der Waals surface area (Å²) in [5.74, 6) is 0. The van der Waals surface area contributed by atoms with E-state index in [0.717, 1.165) is 36.2 Å². The highest BCUT2D eigenvalue weighted by molar-refractivity contribution is 5.68. The van der Waals surface area contributed by atoms with E-state index in [1.165, 1.54) is 12.1 Å². The van der Waals surface area contributed by atoms with Crippen LogP contribution >= 0.6 is 0 Å². The molecular weight excluding hydrogens is 405 g/mol. The molecule has 0 atom stereocenters. The number of amides is 1. The van der Waals surface area contributed by atoms with Gasteiger partial charge in [-0.2, -0.15) is 13.2 Å². The zero-order valence-electron chi connectivity index (χ0n) is 18.2. The van der Waals surface area contributed by atoms with E-state index in [2.05, 4.69) is 4.90 Å². The van der Waals surface area contributed by atoms with Crippen molar-refractivity contribution in [3.8, 4) is 0 Å². The molecule has 31 heavy (non-hydrogen) atoms. The standard InChI is InChI=1S/C24H29F3N2O2/c1-23(2,3)31-22(30)28-15-13-21(14-16-28)29(20-7-5-4-6-8-20)17-18-9-11-19(12-10-18)24(25,26)27/h4-12,21H,13-17H2,1-3H3. The van der Waals surface area contributed by atoms with E-state index in [9.17, 15) is 18.0 Å². The summed E-state index contributed by atoms with van der Waals surface area (Å²) in [6.07, 6.45) is -3.13. The van der Waals surface area contributed by atoms with Gasteiger partial charge in [0.15, 0.2) is 0 Å². The molecule has 1 fully saturated rings. The number of hydrogen-bond acceptors (Lipinski definition) is 3. The molecule has 168 valence electrons. The van der Waals surface area contributed by atoms with Crippen LogP contribution in [0.4, 0.5) is 23.7 Å². The summed E-state index contributed by atoms with van der Waals surface area (Å²) in [5, 5.41) is 0. The van der Waals surface area contributed by atoms with Gasteiger partial charge in [-0.1, -0.05) is 30.3 Å². The van der Waals surface area contributed by atoms with Gasteiger partial charge in [0.2, 0.25) is 0 Å². The summed E-state index contributed by atoms with van der Waals surface area (Å²) >= 11 is 0. The molecule has 4 nitrogen and oxygen atoms in total. The SMILES string of the molecule is CC(C)(C)OC(=O)N1CCC(N(Cc2ccc(C(F)(F)F)cc2)c2ccccc2)CC1. The Kier molecular flexibility index (Phi) is 6.82. The van der Waals surface area contributed by atoms with Crippen LogP contribution in [0.3, 0.4) is 0 Å². The number of rotatable bonds is 4. The van der Waals surface area contributed by atoms with E-state index in [4.69, 9.17) is 4.74 Å². The van der Waals surface area contributed by atoms with Gasteiger partial charge < -0.3 is 14.5 Å². The molecule has 1 heterocycles. The molecule has 0 aliphatic carbocycles. The molecule has 1 saturated heterocycles. The molecule has 0 N–H and O–H groups in total. The number of halogens is 3. The van der Waals surface area contributed by atoms with Crippen molar-refractivity contribution in [3.63, 3.8) is 0 Å². The van der Waals surface area contributed by atoms with Gasteiger partial charge in [0, 0.05) is 31.4 Å². The van der Waals surface area contributed by atoms with Crippen LogP contribution in [0.1, 0.15) is 44.7 Å². The first-order valence-corrected chi connectivity index (χ1v) is 10.5. The number of likely N-dealkylation sites (tertiary alicyclic amines) is 1. The van der Waals surface area contributed by atoms with Gasteiger partial charge in [0.1, 0.15) is 5.60 Å². The Morgan fingerprint density at radius 1 is 1.00 bits per heavy atom. The van der Waals surface area contributed by atoms with Crippen LogP contribution in [0.5, 0.6) is 0 Å². The lowest BCUT2D eigenvalue weighted by atomic mass is 10.0. The first kappa shape index (κ1) is 23.0. The van der Waals surface area contributed by atoms with Crippen molar-refractivity contribution in [1.82, 2.24) is 4.90 Å². The smallest absolute Gasteiger partial charge is 0.416 e. The summed E-state index contributed by atoms with van der Waals surface area (Å²) in [6, 6.07) is 15.3. The van der Waals surface area contributed by atoms with Gasteiger partial charge in [0.05, 0.1) is 5.56 Å². The van der Waals surface area contributed by atoms with Gasteiger partial charge in [0.25, 0.3) is 0 Å². The summed E-state index contributed by atoms with van der Waals surface area (Å²) in [6.45, 7) is 7.20. The molecule has 0 aromatic heterocycles. The molecule has 0 unspecified atom stereocenters. The number of nitrogens with zero attached hydrogens (tertiary/aromatic N) is 2. The van der Waals surface area contributed by atoms with Crippen LogP contribution < -0.4 is 4.90 Å². The molecule has 2 aromatic rings. The highest BCUT2D eigenvalue weighted by Gasteiger charge is 2.31. The third-order valence-electron chi connectivity index (χ3n) is 5.28. The first-order valence-electron chi connectivity index (χ1n) is 10.5. The van der Waals surface area contributed by atoms with E-state index in [-0.39, 0.29) is 12.1 Å². The van der Waals surface area contributed by atoms with E-state index in [1.54, 1.807) is 4.90 Å². The number of alkyl halides is 3. The van der Waals surface area contributed by atoms with Crippen LogP contribution in [0.15, 0.2) is 54.6 Å². The molecular formula is C24H29F3N2O2. The average molecular weight is 435 g/mol. The molecule has 1 amide bonds.